The molecule has 1 amide bonds. The van der Waals surface area contributed by atoms with E-state index in [1.54, 1.807) is 18.2 Å². The van der Waals surface area contributed by atoms with E-state index in [2.05, 4.69) is 11.8 Å². The number of hydrogen-bond donors (Lipinski definition) is 0. The monoisotopic (exact) mass is 363 g/mol. The number of amides is 1. The summed E-state index contributed by atoms with van der Waals surface area (Å²) < 4.78 is 23.1. The fourth-order valence-corrected chi connectivity index (χ4v) is 4.84. The molecule has 2 saturated carbocycles. The van der Waals surface area contributed by atoms with E-state index >= 15 is 0 Å². The van der Waals surface area contributed by atoms with Gasteiger partial charge in [0.1, 0.15) is 0 Å². The van der Waals surface area contributed by atoms with Gasteiger partial charge < -0.3 is 4.90 Å². The SMILES string of the molecule is CCC1CCC(N(C(=O)c2cccc(CS(C)(=O)=O)c2)C2CC2)CC1. The van der Waals surface area contributed by atoms with Crippen molar-refractivity contribution in [3.8, 4) is 0 Å². The molecular formula is C20H29NO3S. The Morgan fingerprint density at radius 2 is 1.68 bits per heavy atom. The molecule has 0 radical (unpaired) electrons. The highest BCUT2D eigenvalue weighted by atomic mass is 32.2. The molecule has 2 aliphatic rings. The minimum Gasteiger partial charge on any atom is -0.333 e. The molecule has 5 heteroatoms. The number of carbonyl (C=O) groups is 1. The van der Waals surface area contributed by atoms with Crippen LogP contribution in [0.3, 0.4) is 0 Å². The van der Waals surface area contributed by atoms with Gasteiger partial charge in [0, 0.05) is 23.9 Å². The van der Waals surface area contributed by atoms with Gasteiger partial charge in [-0.2, -0.15) is 0 Å². The summed E-state index contributed by atoms with van der Waals surface area (Å²) in [5.74, 6) is 0.877. The quantitative estimate of drug-likeness (QED) is 0.772. The highest BCUT2D eigenvalue weighted by molar-refractivity contribution is 7.89. The third kappa shape index (κ3) is 4.84. The van der Waals surface area contributed by atoms with Gasteiger partial charge >= 0.3 is 0 Å². The summed E-state index contributed by atoms with van der Waals surface area (Å²) in [5, 5.41) is 0. The molecule has 0 aliphatic heterocycles. The van der Waals surface area contributed by atoms with Crippen molar-refractivity contribution in [2.24, 2.45) is 5.92 Å². The summed E-state index contributed by atoms with van der Waals surface area (Å²) in [6.45, 7) is 2.25. The smallest absolute Gasteiger partial charge is 0.254 e. The Morgan fingerprint density at radius 1 is 1.08 bits per heavy atom. The molecule has 0 atom stereocenters. The molecule has 0 heterocycles. The van der Waals surface area contributed by atoms with E-state index in [1.807, 2.05) is 6.07 Å². The molecule has 25 heavy (non-hydrogen) atoms. The van der Waals surface area contributed by atoms with Crippen molar-refractivity contribution < 1.29 is 13.2 Å². The Hall–Kier alpha value is -1.36. The second kappa shape index (κ2) is 7.48. The summed E-state index contributed by atoms with van der Waals surface area (Å²) in [5.41, 5.74) is 1.32. The first-order chi connectivity index (χ1) is 11.9. The number of nitrogens with zero attached hydrogens (tertiary/aromatic N) is 1. The predicted octanol–water partition coefficient (Wildman–Crippen LogP) is 3.80. The van der Waals surface area contributed by atoms with E-state index in [-0.39, 0.29) is 11.7 Å². The van der Waals surface area contributed by atoms with Gasteiger partial charge in [0.2, 0.25) is 0 Å². The van der Waals surface area contributed by atoms with Crippen LogP contribution in [-0.2, 0) is 15.6 Å². The van der Waals surface area contributed by atoms with Crippen molar-refractivity contribution in [1.29, 1.82) is 0 Å². The average Bonchev–Trinajstić information content (AvgIpc) is 3.39. The lowest BCUT2D eigenvalue weighted by Gasteiger charge is -2.37. The second-order valence-electron chi connectivity index (χ2n) is 7.80. The van der Waals surface area contributed by atoms with Gasteiger partial charge in [-0.25, -0.2) is 8.42 Å². The van der Waals surface area contributed by atoms with Crippen LogP contribution in [0.5, 0.6) is 0 Å². The van der Waals surface area contributed by atoms with Crippen LogP contribution < -0.4 is 0 Å². The molecule has 2 aliphatic carbocycles. The third-order valence-electron chi connectivity index (χ3n) is 5.56. The van der Waals surface area contributed by atoms with E-state index in [9.17, 15) is 13.2 Å². The van der Waals surface area contributed by atoms with Gasteiger partial charge in [-0.05, 0) is 62.1 Å². The first-order valence-corrected chi connectivity index (χ1v) is 11.5. The van der Waals surface area contributed by atoms with E-state index in [0.717, 1.165) is 31.6 Å². The van der Waals surface area contributed by atoms with Crippen LogP contribution in [0.25, 0.3) is 0 Å². The highest BCUT2D eigenvalue weighted by Crippen LogP contribution is 2.37. The van der Waals surface area contributed by atoms with Gasteiger partial charge in [-0.15, -0.1) is 0 Å². The maximum absolute atomic E-state index is 13.2. The minimum atomic E-state index is -3.10. The summed E-state index contributed by atoms with van der Waals surface area (Å²) >= 11 is 0. The van der Waals surface area contributed by atoms with Crippen LogP contribution in [0, 0.1) is 5.92 Å². The van der Waals surface area contributed by atoms with E-state index in [4.69, 9.17) is 0 Å². The Morgan fingerprint density at radius 3 is 2.20 bits per heavy atom. The van der Waals surface area contributed by atoms with Crippen LogP contribution in [0.2, 0.25) is 0 Å². The Balaban J connectivity index is 1.76. The van der Waals surface area contributed by atoms with Gasteiger partial charge in [0.25, 0.3) is 5.91 Å². The molecule has 0 aromatic heterocycles. The van der Waals surface area contributed by atoms with Crippen LogP contribution in [0.4, 0.5) is 0 Å². The average molecular weight is 364 g/mol. The van der Waals surface area contributed by atoms with Crippen LogP contribution in [0.15, 0.2) is 24.3 Å². The highest BCUT2D eigenvalue weighted by Gasteiger charge is 2.39. The van der Waals surface area contributed by atoms with Crippen LogP contribution in [-0.4, -0.2) is 37.6 Å². The molecule has 2 fully saturated rings. The number of hydrogen-bond acceptors (Lipinski definition) is 3. The largest absolute Gasteiger partial charge is 0.333 e. The zero-order chi connectivity index (χ0) is 18.0. The molecule has 4 nitrogen and oxygen atoms in total. The standard InChI is InChI=1S/C20H29NO3S/c1-3-15-7-9-18(10-8-15)21(19-11-12-19)20(22)17-6-4-5-16(13-17)14-25(2,23)24/h4-6,13,15,18-19H,3,7-12,14H2,1-2H3. The summed E-state index contributed by atoms with van der Waals surface area (Å²) in [7, 11) is -3.10. The molecule has 1 aromatic rings. The lowest BCUT2D eigenvalue weighted by molar-refractivity contribution is 0.0587. The second-order valence-corrected chi connectivity index (χ2v) is 9.94. The third-order valence-corrected chi connectivity index (χ3v) is 6.42. The summed E-state index contributed by atoms with van der Waals surface area (Å²) in [4.78, 5) is 15.3. The Kier molecular flexibility index (Phi) is 5.52. The fraction of sp³-hybridized carbons (Fsp3) is 0.650. The summed E-state index contributed by atoms with van der Waals surface area (Å²) in [6.07, 6.45) is 9.29. The van der Waals surface area contributed by atoms with E-state index in [1.165, 1.54) is 25.5 Å². The van der Waals surface area contributed by atoms with Crippen molar-refractivity contribution in [3.05, 3.63) is 35.4 Å². The van der Waals surface area contributed by atoms with Crippen molar-refractivity contribution in [2.75, 3.05) is 6.26 Å². The number of sulfone groups is 1. The van der Waals surface area contributed by atoms with Gasteiger partial charge in [0.05, 0.1) is 5.75 Å². The van der Waals surface area contributed by atoms with Crippen molar-refractivity contribution >= 4 is 15.7 Å². The molecular weight excluding hydrogens is 334 g/mol. The molecule has 3 rings (SSSR count). The Labute approximate surface area is 151 Å². The topological polar surface area (TPSA) is 54.5 Å². The van der Waals surface area contributed by atoms with Crippen molar-refractivity contribution in [1.82, 2.24) is 4.90 Å². The lowest BCUT2D eigenvalue weighted by atomic mass is 9.83. The molecule has 138 valence electrons. The minimum absolute atomic E-state index is 0.0147. The zero-order valence-electron chi connectivity index (χ0n) is 15.3. The zero-order valence-corrected chi connectivity index (χ0v) is 16.1. The number of benzene rings is 1. The maximum atomic E-state index is 13.2. The van der Waals surface area contributed by atoms with E-state index < -0.39 is 9.84 Å². The molecule has 0 saturated heterocycles. The van der Waals surface area contributed by atoms with Gasteiger partial charge in [0.15, 0.2) is 9.84 Å². The van der Waals surface area contributed by atoms with Crippen molar-refractivity contribution in [3.63, 3.8) is 0 Å². The predicted molar refractivity (Wildman–Crippen MR) is 100 cm³/mol. The van der Waals surface area contributed by atoms with Crippen LogP contribution in [0.1, 0.15) is 67.8 Å². The number of carbonyl (C=O) groups excluding carboxylic acids is 1. The summed E-state index contributed by atoms with van der Waals surface area (Å²) in [6, 6.07) is 7.89. The molecule has 0 spiro atoms. The van der Waals surface area contributed by atoms with Crippen molar-refractivity contribution in [2.45, 2.75) is 69.7 Å². The van der Waals surface area contributed by atoms with E-state index in [0.29, 0.717) is 23.2 Å². The fourth-order valence-electron chi connectivity index (χ4n) is 4.06. The molecule has 1 aromatic carbocycles. The first kappa shape index (κ1) is 18.4. The maximum Gasteiger partial charge on any atom is 0.254 e. The Bertz CT molecular complexity index is 716. The first-order valence-electron chi connectivity index (χ1n) is 9.46. The van der Waals surface area contributed by atoms with Crippen LogP contribution >= 0.6 is 0 Å². The molecule has 0 bridgehead atoms. The molecule has 0 unspecified atom stereocenters. The van der Waals surface area contributed by atoms with Gasteiger partial charge in [-0.3, -0.25) is 4.79 Å². The lowest BCUT2D eigenvalue weighted by Crippen LogP contribution is -2.43. The normalized spacial score (nSPS) is 24.1. The number of rotatable bonds is 6. The van der Waals surface area contributed by atoms with Gasteiger partial charge in [-0.1, -0.05) is 25.5 Å². The molecule has 0 N–H and O–H groups in total.